The van der Waals surface area contributed by atoms with E-state index in [1.807, 2.05) is 5.32 Å². The molecule has 0 saturated heterocycles. The van der Waals surface area contributed by atoms with Crippen molar-refractivity contribution in [3.05, 3.63) is 0 Å². The Hall–Kier alpha value is -1.79. The van der Waals surface area contributed by atoms with E-state index in [0.717, 1.165) is 0 Å². The summed E-state index contributed by atoms with van der Waals surface area (Å²) in [5.41, 5.74) is -0.674. The Morgan fingerprint density at radius 3 is 2.24 bits per heavy atom. The summed E-state index contributed by atoms with van der Waals surface area (Å²) in [6.07, 6.45) is -2.08. The number of carboxylic acid groups (broad SMARTS) is 1. The van der Waals surface area contributed by atoms with Crippen molar-refractivity contribution in [3.8, 4) is 0 Å². The number of alkyl carbamates (subject to hydrolysis) is 1. The van der Waals surface area contributed by atoms with E-state index in [4.69, 9.17) is 9.84 Å². The van der Waals surface area contributed by atoms with Gasteiger partial charge >= 0.3 is 18.0 Å². The van der Waals surface area contributed by atoms with E-state index in [-0.39, 0.29) is 0 Å². The first kappa shape index (κ1) is 15.2. The third-order valence-corrected chi connectivity index (χ3v) is 1.41. The van der Waals surface area contributed by atoms with E-state index in [1.165, 1.54) is 6.92 Å². The molecular weight excluding hydrogens is 230 g/mol. The number of hydrogen-bond donors (Lipinski definition) is 2. The van der Waals surface area contributed by atoms with Gasteiger partial charge in [-0.1, -0.05) is 0 Å². The van der Waals surface area contributed by atoms with Gasteiger partial charge in [-0.25, -0.2) is 9.59 Å². The third kappa shape index (κ3) is 8.06. The van der Waals surface area contributed by atoms with E-state index in [1.54, 1.807) is 20.8 Å². The molecule has 2 N–H and O–H groups in total. The normalized spacial score (nSPS) is 12.5. The number of aliphatic carboxylic acids is 1. The Labute approximate surface area is 99.1 Å². The molecule has 0 aromatic rings. The molecule has 17 heavy (non-hydrogen) atoms. The lowest BCUT2D eigenvalue weighted by Crippen LogP contribution is -2.37. The lowest BCUT2D eigenvalue weighted by Gasteiger charge is -2.22. The molecule has 1 unspecified atom stereocenters. The summed E-state index contributed by atoms with van der Waals surface area (Å²) in [4.78, 5) is 32.6. The Bertz CT molecular complexity index is 306. The van der Waals surface area contributed by atoms with Crippen LogP contribution in [0.2, 0.25) is 0 Å². The van der Waals surface area contributed by atoms with Gasteiger partial charge in [0.1, 0.15) is 12.1 Å². The average Bonchev–Trinajstić information content (AvgIpc) is 2.11. The zero-order valence-corrected chi connectivity index (χ0v) is 10.3. The zero-order valence-electron chi connectivity index (χ0n) is 10.3. The average molecular weight is 247 g/mol. The first-order chi connectivity index (χ1) is 7.61. The maximum atomic E-state index is 11.4. The fraction of sp³-hybridized carbons (Fsp3) is 0.700. The highest BCUT2D eigenvalue weighted by Crippen LogP contribution is 2.09. The van der Waals surface area contributed by atoms with Crippen LogP contribution in [0.4, 0.5) is 4.79 Å². The quantitative estimate of drug-likeness (QED) is 0.702. The van der Waals surface area contributed by atoms with Crippen LogP contribution < -0.4 is 5.32 Å². The number of rotatable bonds is 4. The minimum Gasteiger partial charge on any atom is -0.480 e. The summed E-state index contributed by atoms with van der Waals surface area (Å²) >= 11 is 0. The molecule has 0 fully saturated rings. The van der Waals surface area contributed by atoms with Crippen molar-refractivity contribution in [1.82, 2.24) is 5.32 Å². The van der Waals surface area contributed by atoms with Crippen LogP contribution in [0.25, 0.3) is 0 Å². The summed E-state index contributed by atoms with van der Waals surface area (Å²) < 4.78 is 9.59. The molecular formula is C10H17NO6. The van der Waals surface area contributed by atoms with Crippen LogP contribution in [0.3, 0.4) is 0 Å². The number of ether oxygens (including phenoxy) is 2. The van der Waals surface area contributed by atoms with Crippen LogP contribution >= 0.6 is 0 Å². The molecule has 0 aliphatic heterocycles. The first-order valence-corrected chi connectivity index (χ1v) is 5.01. The number of hydrogen-bond acceptors (Lipinski definition) is 5. The Morgan fingerprint density at radius 2 is 1.82 bits per heavy atom. The standard InChI is InChI=1S/C10H17NO6/c1-6(8(14)17-10(2,3)4)16-9(15)11-5-7(12)13/h6H,5H2,1-4H3,(H,11,15)(H,12,13). The van der Waals surface area contributed by atoms with Gasteiger partial charge in [-0.15, -0.1) is 0 Å². The second-order valence-electron chi connectivity index (χ2n) is 4.33. The molecule has 0 rings (SSSR count). The minimum absolute atomic E-state index is 0.570. The number of nitrogens with one attached hydrogen (secondary N) is 1. The van der Waals surface area contributed by atoms with Gasteiger partial charge in [-0.05, 0) is 27.7 Å². The van der Waals surface area contributed by atoms with Crippen LogP contribution in [0, 0.1) is 0 Å². The number of esters is 1. The van der Waals surface area contributed by atoms with Crippen molar-refractivity contribution in [2.45, 2.75) is 39.4 Å². The molecule has 98 valence electrons. The highest BCUT2D eigenvalue weighted by molar-refractivity contribution is 5.80. The first-order valence-electron chi connectivity index (χ1n) is 5.01. The largest absolute Gasteiger partial charge is 0.480 e. The van der Waals surface area contributed by atoms with Gasteiger partial charge in [0, 0.05) is 0 Å². The summed E-state index contributed by atoms with van der Waals surface area (Å²) in [7, 11) is 0. The maximum absolute atomic E-state index is 11.4. The van der Waals surface area contributed by atoms with Gasteiger partial charge < -0.3 is 19.9 Å². The fourth-order valence-electron chi connectivity index (χ4n) is 0.783. The highest BCUT2D eigenvalue weighted by Gasteiger charge is 2.24. The van der Waals surface area contributed by atoms with Crippen LogP contribution in [-0.2, 0) is 19.1 Å². The smallest absolute Gasteiger partial charge is 0.408 e. The lowest BCUT2D eigenvalue weighted by atomic mass is 10.2. The topological polar surface area (TPSA) is 102 Å². The summed E-state index contributed by atoms with van der Waals surface area (Å²) in [6, 6.07) is 0. The fourth-order valence-corrected chi connectivity index (χ4v) is 0.783. The number of carboxylic acids is 1. The molecule has 0 spiro atoms. The molecule has 0 aromatic heterocycles. The van der Waals surface area contributed by atoms with E-state index in [2.05, 4.69) is 4.74 Å². The van der Waals surface area contributed by atoms with Crippen LogP contribution in [0.15, 0.2) is 0 Å². The highest BCUT2D eigenvalue weighted by atomic mass is 16.6. The molecule has 0 aliphatic carbocycles. The van der Waals surface area contributed by atoms with Crippen LogP contribution in [-0.4, -0.2) is 41.4 Å². The maximum Gasteiger partial charge on any atom is 0.408 e. The lowest BCUT2D eigenvalue weighted by molar-refractivity contribution is -0.164. The van der Waals surface area contributed by atoms with Crippen molar-refractivity contribution < 1.29 is 29.0 Å². The predicted molar refractivity (Wildman–Crippen MR) is 57.4 cm³/mol. The van der Waals surface area contributed by atoms with Crippen LogP contribution in [0.1, 0.15) is 27.7 Å². The van der Waals surface area contributed by atoms with E-state index < -0.39 is 36.3 Å². The Morgan fingerprint density at radius 1 is 1.29 bits per heavy atom. The molecule has 0 aromatic carbocycles. The molecule has 0 radical (unpaired) electrons. The molecule has 0 heterocycles. The number of carbonyl (C=O) groups is 3. The second-order valence-corrected chi connectivity index (χ2v) is 4.33. The van der Waals surface area contributed by atoms with Gasteiger partial charge in [0.05, 0.1) is 0 Å². The molecule has 1 atom stereocenters. The molecule has 0 saturated carbocycles. The number of amides is 1. The van der Waals surface area contributed by atoms with Crippen LogP contribution in [0.5, 0.6) is 0 Å². The van der Waals surface area contributed by atoms with Gasteiger partial charge in [-0.2, -0.15) is 0 Å². The van der Waals surface area contributed by atoms with E-state index >= 15 is 0 Å². The van der Waals surface area contributed by atoms with Crippen molar-refractivity contribution in [2.24, 2.45) is 0 Å². The Kier molecular flexibility index (Phi) is 5.43. The molecule has 1 amide bonds. The summed E-state index contributed by atoms with van der Waals surface area (Å²) in [6.45, 7) is 5.82. The summed E-state index contributed by atoms with van der Waals surface area (Å²) in [5, 5.41) is 10.3. The number of carbonyl (C=O) groups excluding carboxylic acids is 2. The molecule has 0 aliphatic rings. The van der Waals surface area contributed by atoms with Crippen molar-refractivity contribution in [2.75, 3.05) is 6.54 Å². The van der Waals surface area contributed by atoms with E-state index in [9.17, 15) is 14.4 Å². The minimum atomic E-state index is -1.20. The molecule has 7 heteroatoms. The monoisotopic (exact) mass is 247 g/mol. The predicted octanol–water partition coefficient (Wildman–Crippen LogP) is 0.527. The summed E-state index contributed by atoms with van der Waals surface area (Å²) in [5.74, 6) is -1.89. The van der Waals surface area contributed by atoms with E-state index in [0.29, 0.717) is 0 Å². The molecule has 7 nitrogen and oxygen atoms in total. The third-order valence-electron chi connectivity index (χ3n) is 1.41. The second kappa shape index (κ2) is 6.07. The Balaban J connectivity index is 4.08. The van der Waals surface area contributed by atoms with Crippen molar-refractivity contribution >= 4 is 18.0 Å². The molecule has 0 bridgehead atoms. The zero-order chi connectivity index (χ0) is 13.6. The van der Waals surface area contributed by atoms with Gasteiger partial charge in [0.2, 0.25) is 0 Å². The van der Waals surface area contributed by atoms with Crippen molar-refractivity contribution in [3.63, 3.8) is 0 Å². The van der Waals surface area contributed by atoms with Crippen molar-refractivity contribution in [1.29, 1.82) is 0 Å². The van der Waals surface area contributed by atoms with Gasteiger partial charge in [0.25, 0.3) is 0 Å². The SMILES string of the molecule is CC(OC(=O)NCC(=O)O)C(=O)OC(C)(C)C. The van der Waals surface area contributed by atoms with Gasteiger partial charge in [0.15, 0.2) is 6.10 Å². The van der Waals surface area contributed by atoms with Gasteiger partial charge in [-0.3, -0.25) is 4.79 Å².